The summed E-state index contributed by atoms with van der Waals surface area (Å²) in [6.45, 7) is 4.47. The fourth-order valence-electron chi connectivity index (χ4n) is 4.32. The molecule has 3 heterocycles. The Balaban J connectivity index is 1.49. The van der Waals surface area contributed by atoms with Crippen molar-refractivity contribution in [1.82, 2.24) is 24.8 Å². The lowest BCUT2D eigenvalue weighted by atomic mass is 10.1. The number of anilines is 3. The Hall–Kier alpha value is -3.70. The first-order valence-corrected chi connectivity index (χ1v) is 13.8. The van der Waals surface area contributed by atoms with Gasteiger partial charge in [-0.2, -0.15) is 0 Å². The second-order valence-corrected chi connectivity index (χ2v) is 9.94. The van der Waals surface area contributed by atoms with E-state index >= 15 is 0 Å². The molecule has 1 aliphatic heterocycles. The van der Waals surface area contributed by atoms with Gasteiger partial charge < -0.3 is 25.6 Å². The predicted octanol–water partition coefficient (Wildman–Crippen LogP) is 1.36. The van der Waals surface area contributed by atoms with Crippen LogP contribution in [0.25, 0.3) is 11.2 Å². The number of ether oxygens (including phenoxy) is 1. The van der Waals surface area contributed by atoms with Gasteiger partial charge in [0.2, 0.25) is 0 Å². The zero-order valence-electron chi connectivity index (χ0n) is 21.9. The molecule has 16 heteroatoms. The molecule has 0 saturated carbocycles. The lowest BCUT2D eigenvalue weighted by Crippen LogP contribution is -2.42. The van der Waals surface area contributed by atoms with E-state index in [1.165, 1.54) is 21.5 Å². The number of aromatic nitrogens is 4. The van der Waals surface area contributed by atoms with Crippen LogP contribution in [0, 0.1) is 0 Å². The molecular formula is C24H32N8O7S. The van der Waals surface area contributed by atoms with E-state index < -0.39 is 47.7 Å². The number of rotatable bonds is 11. The third-order valence-electron chi connectivity index (χ3n) is 6.26. The topological polar surface area (TPSA) is 204 Å². The number of urea groups is 1. The van der Waals surface area contributed by atoms with Crippen molar-refractivity contribution in [3.63, 3.8) is 0 Å². The van der Waals surface area contributed by atoms with E-state index in [0.717, 1.165) is 19.3 Å². The molecule has 0 aliphatic carbocycles. The molecule has 3 aromatic rings. The molecule has 0 radical (unpaired) electrons. The smallest absolute Gasteiger partial charge is 0.324 e. The van der Waals surface area contributed by atoms with Crippen molar-refractivity contribution in [1.29, 1.82) is 0 Å². The molecule has 1 fully saturated rings. The van der Waals surface area contributed by atoms with Crippen LogP contribution in [0.3, 0.4) is 0 Å². The number of nitrogens with one attached hydrogen (secondary N) is 3. The molecule has 4 rings (SSSR count). The largest absolute Gasteiger partial charge is 0.387 e. The standard InChI is InChI=1S/C24H32N8O7S/c1-3-5-6-10-32(40(37)38)15-9-7-8-14(11-15)29-24(36)30-20-16-21(27-12-26-20)31(13-28-16)23-18(34)17(33)19(39-23)22(35)25-4-2/h7-9,11-13,17-19,23,33-34H,3-6,10H2,1-2H3,(H,25,35)(H,37,38)(H2,26,27,29,30,36)/t17-,18+,19-,23+/m0/s1. The number of carbonyl (C=O) groups excluding carboxylic acids is 2. The van der Waals surface area contributed by atoms with Crippen LogP contribution in [-0.2, 0) is 20.8 Å². The summed E-state index contributed by atoms with van der Waals surface area (Å²) < 4.78 is 29.9. The van der Waals surface area contributed by atoms with Crippen molar-refractivity contribution in [2.45, 2.75) is 57.6 Å². The second-order valence-electron chi connectivity index (χ2n) is 9.04. The number of hydrogen-bond acceptors (Lipinski definition) is 9. The zero-order chi connectivity index (χ0) is 28.8. The average Bonchev–Trinajstić information content (AvgIpc) is 3.48. The summed E-state index contributed by atoms with van der Waals surface area (Å²) in [5, 5.41) is 28.7. The van der Waals surface area contributed by atoms with Gasteiger partial charge in [0.25, 0.3) is 17.2 Å². The van der Waals surface area contributed by atoms with Crippen LogP contribution in [0.2, 0.25) is 0 Å². The predicted molar refractivity (Wildman–Crippen MR) is 147 cm³/mol. The molecule has 1 aliphatic rings. The Morgan fingerprint density at radius 2 is 1.93 bits per heavy atom. The van der Waals surface area contributed by atoms with Gasteiger partial charge in [0.15, 0.2) is 29.3 Å². The summed E-state index contributed by atoms with van der Waals surface area (Å²) in [4.78, 5) is 37.5. The first-order valence-electron chi connectivity index (χ1n) is 12.8. The maximum absolute atomic E-state index is 12.8. The summed E-state index contributed by atoms with van der Waals surface area (Å²) >= 11 is -2.22. The van der Waals surface area contributed by atoms with Gasteiger partial charge in [-0.15, -0.1) is 0 Å². The van der Waals surface area contributed by atoms with Gasteiger partial charge >= 0.3 is 6.03 Å². The molecule has 0 spiro atoms. The first-order chi connectivity index (χ1) is 19.2. The van der Waals surface area contributed by atoms with E-state index in [2.05, 4.69) is 30.9 Å². The lowest BCUT2D eigenvalue weighted by Gasteiger charge is -2.20. The van der Waals surface area contributed by atoms with Gasteiger partial charge in [0.1, 0.15) is 18.5 Å². The van der Waals surface area contributed by atoms with Gasteiger partial charge in [-0.3, -0.25) is 23.5 Å². The minimum absolute atomic E-state index is 0.0587. The molecule has 2 aromatic heterocycles. The third-order valence-corrected chi connectivity index (χ3v) is 7.03. The quantitative estimate of drug-likeness (QED) is 0.143. The third kappa shape index (κ3) is 6.37. The second kappa shape index (κ2) is 13.1. The van der Waals surface area contributed by atoms with Gasteiger partial charge in [0, 0.05) is 18.8 Å². The molecule has 3 amide bonds. The Morgan fingerprint density at radius 3 is 2.65 bits per heavy atom. The number of aliphatic hydroxyl groups is 2. The van der Waals surface area contributed by atoms with E-state index in [0.29, 0.717) is 24.5 Å². The molecule has 5 atom stereocenters. The van der Waals surface area contributed by atoms with Crippen LogP contribution < -0.4 is 20.3 Å². The monoisotopic (exact) mass is 576 g/mol. The number of carbonyl (C=O) groups is 2. The summed E-state index contributed by atoms with van der Waals surface area (Å²) in [7, 11) is 0. The molecule has 0 bridgehead atoms. The summed E-state index contributed by atoms with van der Waals surface area (Å²) in [6, 6.07) is 5.89. The van der Waals surface area contributed by atoms with E-state index in [-0.39, 0.29) is 17.0 Å². The number of fused-ring (bicyclic) bond motifs is 1. The van der Waals surface area contributed by atoms with E-state index in [4.69, 9.17) is 4.74 Å². The number of nitrogens with zero attached hydrogens (tertiary/aromatic N) is 5. The highest BCUT2D eigenvalue weighted by Crippen LogP contribution is 2.32. The molecular weight excluding hydrogens is 544 g/mol. The molecule has 216 valence electrons. The summed E-state index contributed by atoms with van der Waals surface area (Å²) in [6.07, 6.45) is -0.259. The van der Waals surface area contributed by atoms with Crippen LogP contribution in [0.5, 0.6) is 0 Å². The number of likely N-dealkylation sites (N-methyl/N-ethyl adjacent to an activating group) is 1. The molecule has 15 nitrogen and oxygen atoms in total. The first kappa shape index (κ1) is 29.3. The SMILES string of the molecule is CCCCCN(c1cccc(NC(=O)Nc2ncnc3c2ncn3[C@@H]2O[C@H](C(=O)NCC)[C@@H](O)[C@H]2O)c1)S(=O)O. The lowest BCUT2D eigenvalue weighted by molar-refractivity contribution is -0.137. The molecule has 1 saturated heterocycles. The highest BCUT2D eigenvalue weighted by atomic mass is 32.2. The van der Waals surface area contributed by atoms with Crippen molar-refractivity contribution >= 4 is 51.6 Å². The molecule has 40 heavy (non-hydrogen) atoms. The molecule has 6 N–H and O–H groups in total. The molecule has 1 aromatic carbocycles. The van der Waals surface area contributed by atoms with Crippen molar-refractivity contribution < 1.29 is 33.3 Å². The number of amides is 3. The van der Waals surface area contributed by atoms with Crippen molar-refractivity contribution in [3.05, 3.63) is 36.9 Å². The average molecular weight is 577 g/mol. The number of imidazole rings is 1. The van der Waals surface area contributed by atoms with Crippen LogP contribution in [0.1, 0.15) is 39.3 Å². The van der Waals surface area contributed by atoms with Crippen LogP contribution in [0.4, 0.5) is 22.0 Å². The summed E-state index contributed by atoms with van der Waals surface area (Å²) in [5.74, 6) is -0.503. The summed E-state index contributed by atoms with van der Waals surface area (Å²) in [5.41, 5.74) is 1.22. The fraction of sp³-hybridized carbons (Fsp3) is 0.458. The van der Waals surface area contributed by atoms with Crippen LogP contribution in [-0.4, -0.2) is 81.8 Å². The van der Waals surface area contributed by atoms with Gasteiger partial charge in [-0.05, 0) is 31.5 Å². The zero-order valence-corrected chi connectivity index (χ0v) is 22.7. The minimum Gasteiger partial charge on any atom is -0.387 e. The van der Waals surface area contributed by atoms with Crippen molar-refractivity contribution in [2.75, 3.05) is 28.0 Å². The Labute approximate surface area is 232 Å². The van der Waals surface area contributed by atoms with Gasteiger partial charge in [0.05, 0.1) is 12.0 Å². The van der Waals surface area contributed by atoms with E-state index in [1.54, 1.807) is 31.2 Å². The Kier molecular flexibility index (Phi) is 9.59. The number of unbranched alkanes of at least 4 members (excludes halogenated alkanes) is 2. The maximum Gasteiger partial charge on any atom is 0.324 e. The van der Waals surface area contributed by atoms with Crippen molar-refractivity contribution in [3.8, 4) is 0 Å². The Morgan fingerprint density at radius 1 is 1.12 bits per heavy atom. The van der Waals surface area contributed by atoms with Crippen LogP contribution in [0.15, 0.2) is 36.9 Å². The van der Waals surface area contributed by atoms with Crippen LogP contribution >= 0.6 is 0 Å². The van der Waals surface area contributed by atoms with Crippen molar-refractivity contribution in [2.24, 2.45) is 0 Å². The fourth-order valence-corrected chi connectivity index (χ4v) is 4.90. The van der Waals surface area contributed by atoms with E-state index in [1.807, 2.05) is 6.92 Å². The van der Waals surface area contributed by atoms with E-state index in [9.17, 15) is 28.6 Å². The van der Waals surface area contributed by atoms with Gasteiger partial charge in [-0.1, -0.05) is 25.8 Å². The number of aliphatic hydroxyl groups excluding tert-OH is 2. The maximum atomic E-state index is 12.8. The molecule has 1 unspecified atom stereocenters. The number of benzene rings is 1. The highest BCUT2D eigenvalue weighted by molar-refractivity contribution is 7.80. The van der Waals surface area contributed by atoms with Gasteiger partial charge in [-0.25, -0.2) is 24.0 Å². The number of hydrogen-bond donors (Lipinski definition) is 6. The Bertz CT molecular complexity index is 1370. The highest BCUT2D eigenvalue weighted by Gasteiger charge is 2.47. The normalized spacial score (nSPS) is 21.2. The minimum atomic E-state index is -2.22.